The van der Waals surface area contributed by atoms with Crippen LogP contribution in [0.15, 0.2) is 60.9 Å². The third-order valence-corrected chi connectivity index (χ3v) is 3.94. The second-order valence-corrected chi connectivity index (χ2v) is 6.35. The van der Waals surface area contributed by atoms with E-state index in [2.05, 4.69) is 15.4 Å². The normalized spacial score (nSPS) is 11.2. The molecule has 7 heteroatoms. The summed E-state index contributed by atoms with van der Waals surface area (Å²) in [5.41, 5.74) is 6.67. The van der Waals surface area contributed by atoms with Gasteiger partial charge in [-0.3, -0.25) is 14.6 Å². The quantitative estimate of drug-likeness (QED) is 0.734. The number of carbonyl (C=O) groups excluding carboxylic acids is 2. The summed E-state index contributed by atoms with van der Waals surface area (Å²) in [6.45, 7) is 3.09. The summed E-state index contributed by atoms with van der Waals surface area (Å²) in [6, 6.07) is 14.8. The van der Waals surface area contributed by atoms with Gasteiger partial charge in [0.25, 0.3) is 5.91 Å². The first-order valence-electron chi connectivity index (χ1n) is 8.07. The van der Waals surface area contributed by atoms with Crippen molar-refractivity contribution in [2.45, 2.75) is 19.4 Å². The summed E-state index contributed by atoms with van der Waals surface area (Å²) in [4.78, 5) is 28.2. The van der Waals surface area contributed by atoms with Gasteiger partial charge >= 0.3 is 0 Å². The molecule has 0 aliphatic heterocycles. The molecule has 2 heterocycles. The van der Waals surface area contributed by atoms with E-state index in [0.717, 1.165) is 11.3 Å². The first-order chi connectivity index (χ1) is 12.4. The zero-order valence-corrected chi connectivity index (χ0v) is 14.5. The minimum atomic E-state index is -1.18. The van der Waals surface area contributed by atoms with Gasteiger partial charge in [-0.15, -0.1) is 0 Å². The van der Waals surface area contributed by atoms with Gasteiger partial charge in [0.05, 0.1) is 11.4 Å². The van der Waals surface area contributed by atoms with E-state index in [1.807, 2.05) is 42.5 Å². The van der Waals surface area contributed by atoms with Crippen LogP contribution in [-0.4, -0.2) is 32.1 Å². The first kappa shape index (κ1) is 17.3. The molecular formula is C19H19N5O2. The van der Waals surface area contributed by atoms with E-state index >= 15 is 0 Å². The molecule has 0 spiro atoms. The Morgan fingerprint density at radius 2 is 1.85 bits per heavy atom. The second-order valence-electron chi connectivity index (χ2n) is 6.35. The second kappa shape index (κ2) is 6.79. The monoisotopic (exact) mass is 349 g/mol. The lowest BCUT2D eigenvalue weighted by atomic mass is 10.0. The highest BCUT2D eigenvalue weighted by Crippen LogP contribution is 2.23. The van der Waals surface area contributed by atoms with Gasteiger partial charge in [-0.25, -0.2) is 4.68 Å². The number of pyridine rings is 1. The molecule has 1 aromatic carbocycles. The molecule has 26 heavy (non-hydrogen) atoms. The fraction of sp³-hybridized carbons (Fsp3) is 0.158. The van der Waals surface area contributed by atoms with Gasteiger partial charge < -0.3 is 11.1 Å². The Morgan fingerprint density at radius 3 is 2.46 bits per heavy atom. The minimum absolute atomic E-state index is 0.182. The van der Waals surface area contributed by atoms with Crippen molar-refractivity contribution in [3.05, 3.63) is 66.6 Å². The van der Waals surface area contributed by atoms with Crippen molar-refractivity contribution < 1.29 is 9.59 Å². The molecule has 0 fully saturated rings. The largest absolute Gasteiger partial charge is 0.368 e. The van der Waals surface area contributed by atoms with Crippen molar-refractivity contribution in [1.82, 2.24) is 20.1 Å². The van der Waals surface area contributed by atoms with Crippen molar-refractivity contribution in [1.29, 1.82) is 0 Å². The molecule has 132 valence electrons. The van der Waals surface area contributed by atoms with Crippen LogP contribution in [0.25, 0.3) is 16.9 Å². The number of amides is 2. The average molecular weight is 349 g/mol. The molecule has 3 aromatic rings. The summed E-state index contributed by atoms with van der Waals surface area (Å²) < 4.78 is 1.67. The zero-order valence-electron chi connectivity index (χ0n) is 14.5. The highest BCUT2D eigenvalue weighted by molar-refractivity contribution is 5.98. The number of nitrogens with zero attached hydrogens (tertiary/aromatic N) is 3. The van der Waals surface area contributed by atoms with E-state index in [0.29, 0.717) is 5.69 Å². The number of nitrogens with two attached hydrogens (primary N) is 1. The molecule has 0 bridgehead atoms. The van der Waals surface area contributed by atoms with Crippen molar-refractivity contribution in [3.8, 4) is 16.9 Å². The molecule has 3 rings (SSSR count). The van der Waals surface area contributed by atoms with E-state index in [4.69, 9.17) is 5.73 Å². The van der Waals surface area contributed by atoms with E-state index in [1.54, 1.807) is 37.0 Å². The molecule has 0 unspecified atom stereocenters. The van der Waals surface area contributed by atoms with Gasteiger partial charge in [-0.05, 0) is 44.2 Å². The molecule has 0 atom stereocenters. The molecular weight excluding hydrogens is 330 g/mol. The van der Waals surface area contributed by atoms with Crippen molar-refractivity contribution in [2.75, 3.05) is 0 Å². The Hall–Kier alpha value is -3.48. The third kappa shape index (κ3) is 3.46. The molecule has 7 nitrogen and oxygen atoms in total. The van der Waals surface area contributed by atoms with Crippen LogP contribution in [0.3, 0.4) is 0 Å². The molecule has 0 radical (unpaired) electrons. The topological polar surface area (TPSA) is 103 Å². The van der Waals surface area contributed by atoms with Gasteiger partial charge in [0.1, 0.15) is 5.54 Å². The van der Waals surface area contributed by atoms with Gasteiger partial charge in [0, 0.05) is 18.0 Å². The van der Waals surface area contributed by atoms with Gasteiger partial charge in [-0.1, -0.05) is 18.2 Å². The van der Waals surface area contributed by atoms with Crippen LogP contribution in [0.4, 0.5) is 0 Å². The van der Waals surface area contributed by atoms with E-state index in [-0.39, 0.29) is 5.69 Å². The van der Waals surface area contributed by atoms with E-state index < -0.39 is 17.4 Å². The summed E-state index contributed by atoms with van der Waals surface area (Å²) in [5, 5.41) is 7.04. The summed E-state index contributed by atoms with van der Waals surface area (Å²) >= 11 is 0. The fourth-order valence-electron chi connectivity index (χ4n) is 2.39. The Labute approximate surface area is 150 Å². The molecule has 0 aliphatic rings. The van der Waals surface area contributed by atoms with Crippen LogP contribution in [0.2, 0.25) is 0 Å². The molecule has 3 N–H and O–H groups in total. The number of nitrogens with one attached hydrogen (secondary N) is 1. The molecule has 2 aromatic heterocycles. The maximum Gasteiger partial charge on any atom is 0.272 e. The molecule has 0 aliphatic carbocycles. The standard InChI is InChI=1S/C19H19N5O2/c1-19(2,18(20)26)22-17(25)15-11-16(13-7-6-10-21-12-13)24(23-15)14-8-4-3-5-9-14/h3-12H,1-2H3,(H2,20,26)(H,22,25). The summed E-state index contributed by atoms with van der Waals surface area (Å²) in [5.74, 6) is -1.10. The Morgan fingerprint density at radius 1 is 1.12 bits per heavy atom. The first-order valence-corrected chi connectivity index (χ1v) is 8.07. The van der Waals surface area contributed by atoms with Crippen LogP contribution in [-0.2, 0) is 4.79 Å². The van der Waals surface area contributed by atoms with Gasteiger partial charge in [0.15, 0.2) is 5.69 Å². The van der Waals surface area contributed by atoms with Crippen LogP contribution in [0.5, 0.6) is 0 Å². The smallest absolute Gasteiger partial charge is 0.272 e. The molecule has 0 saturated heterocycles. The Kier molecular flexibility index (Phi) is 4.53. The number of carbonyl (C=O) groups is 2. The maximum absolute atomic E-state index is 12.6. The number of hydrogen-bond acceptors (Lipinski definition) is 4. The third-order valence-electron chi connectivity index (χ3n) is 3.94. The Bertz CT molecular complexity index is 876. The van der Waals surface area contributed by atoms with Crippen LogP contribution in [0, 0.1) is 0 Å². The highest BCUT2D eigenvalue weighted by atomic mass is 16.2. The number of benzene rings is 1. The lowest BCUT2D eigenvalue weighted by Crippen LogP contribution is -2.53. The van der Waals surface area contributed by atoms with E-state index in [1.165, 1.54) is 0 Å². The average Bonchev–Trinajstić information content (AvgIpc) is 3.08. The molecule has 2 amide bonds. The lowest BCUT2D eigenvalue weighted by molar-refractivity contribution is -0.122. The van der Waals surface area contributed by atoms with Crippen LogP contribution < -0.4 is 11.1 Å². The maximum atomic E-state index is 12.6. The van der Waals surface area contributed by atoms with Crippen LogP contribution in [0.1, 0.15) is 24.3 Å². The number of hydrogen-bond donors (Lipinski definition) is 2. The highest BCUT2D eigenvalue weighted by Gasteiger charge is 2.29. The van der Waals surface area contributed by atoms with Gasteiger partial charge in [0.2, 0.25) is 5.91 Å². The van der Waals surface area contributed by atoms with Gasteiger partial charge in [-0.2, -0.15) is 5.10 Å². The minimum Gasteiger partial charge on any atom is -0.368 e. The molecule has 0 saturated carbocycles. The summed E-state index contributed by atoms with van der Waals surface area (Å²) in [6.07, 6.45) is 3.38. The Balaban J connectivity index is 2.05. The lowest BCUT2D eigenvalue weighted by Gasteiger charge is -2.21. The predicted octanol–water partition coefficient (Wildman–Crippen LogP) is 1.93. The van der Waals surface area contributed by atoms with Crippen molar-refractivity contribution in [3.63, 3.8) is 0 Å². The number of aromatic nitrogens is 3. The fourth-order valence-corrected chi connectivity index (χ4v) is 2.39. The van der Waals surface area contributed by atoms with Crippen molar-refractivity contribution >= 4 is 11.8 Å². The SMILES string of the molecule is CC(C)(NC(=O)c1cc(-c2cccnc2)n(-c2ccccc2)n1)C(N)=O. The number of para-hydroxylation sites is 1. The zero-order chi connectivity index (χ0) is 18.7. The van der Waals surface area contributed by atoms with E-state index in [9.17, 15) is 9.59 Å². The summed E-state index contributed by atoms with van der Waals surface area (Å²) in [7, 11) is 0. The van der Waals surface area contributed by atoms with Crippen molar-refractivity contribution in [2.24, 2.45) is 5.73 Å². The predicted molar refractivity (Wildman–Crippen MR) is 97.5 cm³/mol. The number of primary amides is 1. The van der Waals surface area contributed by atoms with Crippen LogP contribution >= 0.6 is 0 Å². The number of rotatable bonds is 5.